The molecule has 1 amide bonds. The number of fused-ring (bicyclic) bond motifs is 3. The van der Waals surface area contributed by atoms with E-state index < -0.39 is 0 Å². The van der Waals surface area contributed by atoms with Gasteiger partial charge in [0, 0.05) is 55.6 Å². The van der Waals surface area contributed by atoms with Crippen molar-refractivity contribution in [1.82, 2.24) is 10.2 Å². The van der Waals surface area contributed by atoms with Crippen LogP contribution < -0.4 is 10.2 Å². The molecule has 1 saturated carbocycles. The molecule has 0 radical (unpaired) electrons. The van der Waals surface area contributed by atoms with E-state index in [1.807, 2.05) is 30.3 Å². The predicted octanol–water partition coefficient (Wildman–Crippen LogP) is 3.64. The van der Waals surface area contributed by atoms with Gasteiger partial charge in [0.25, 0.3) is 5.69 Å². The van der Waals surface area contributed by atoms with E-state index in [-0.39, 0.29) is 28.5 Å². The number of benzene rings is 2. The Kier molecular flexibility index (Phi) is 5.78. The molecule has 2 aliphatic heterocycles. The molecule has 2 atom stereocenters. The summed E-state index contributed by atoms with van der Waals surface area (Å²) in [5.74, 6) is 0.452. The van der Waals surface area contributed by atoms with Crippen molar-refractivity contribution in [2.75, 3.05) is 31.1 Å². The van der Waals surface area contributed by atoms with Crippen molar-refractivity contribution in [3.8, 4) is 0 Å². The van der Waals surface area contributed by atoms with Crippen molar-refractivity contribution < 1.29 is 9.72 Å². The third-order valence-corrected chi connectivity index (χ3v) is 7.16. The minimum absolute atomic E-state index is 0.0456. The van der Waals surface area contributed by atoms with Gasteiger partial charge < -0.3 is 10.2 Å². The zero-order chi connectivity index (χ0) is 22.2. The quantitative estimate of drug-likeness (QED) is 0.532. The fourth-order valence-electron chi connectivity index (χ4n) is 4.97. The molecule has 1 saturated heterocycles. The number of rotatable bonds is 6. The van der Waals surface area contributed by atoms with Gasteiger partial charge in [-0.2, -0.15) is 0 Å². The molecule has 5 rings (SSSR count). The molecule has 32 heavy (non-hydrogen) atoms. The molecule has 2 heterocycles. The first-order chi connectivity index (χ1) is 15.5. The van der Waals surface area contributed by atoms with Crippen molar-refractivity contribution in [3.05, 3.63) is 68.7 Å². The second kappa shape index (κ2) is 8.71. The molecule has 0 spiro atoms. The summed E-state index contributed by atoms with van der Waals surface area (Å²) in [6, 6.07) is 13.0. The highest BCUT2D eigenvalue weighted by Gasteiger charge is 2.42. The third kappa shape index (κ3) is 4.45. The zero-order valence-corrected chi connectivity index (χ0v) is 18.6. The summed E-state index contributed by atoms with van der Waals surface area (Å²) in [5, 5.41) is 15.2. The van der Waals surface area contributed by atoms with E-state index in [9.17, 15) is 14.9 Å². The Hall–Kier alpha value is -2.64. The molecule has 2 fully saturated rings. The highest BCUT2D eigenvalue weighted by Crippen LogP contribution is 2.38. The number of halogens is 1. The number of hydrogen-bond donors (Lipinski definition) is 1. The number of hydrogen-bond acceptors (Lipinski definition) is 5. The average Bonchev–Trinajstić information content (AvgIpc) is 3.62. The number of nitrogens with zero attached hydrogens (tertiary/aromatic N) is 3. The number of amides is 1. The Labute approximate surface area is 192 Å². The molecule has 0 aromatic heterocycles. The molecule has 7 nitrogen and oxygen atoms in total. The zero-order valence-electron chi connectivity index (χ0n) is 17.9. The van der Waals surface area contributed by atoms with Crippen molar-refractivity contribution >= 4 is 28.9 Å². The maximum atomic E-state index is 13.2. The Balaban J connectivity index is 1.39. The van der Waals surface area contributed by atoms with Gasteiger partial charge in [0.1, 0.15) is 0 Å². The number of nitrogens with one attached hydrogen (secondary N) is 1. The maximum Gasteiger partial charge on any atom is 0.269 e. The molecule has 168 valence electrons. The summed E-state index contributed by atoms with van der Waals surface area (Å²) in [5.41, 5.74) is 3.20. The summed E-state index contributed by atoms with van der Waals surface area (Å²) in [6.45, 7) is 3.98. The van der Waals surface area contributed by atoms with Crippen molar-refractivity contribution in [3.63, 3.8) is 0 Å². The number of nitro benzene ring substituents is 1. The van der Waals surface area contributed by atoms with Gasteiger partial charge in [-0.15, -0.1) is 0 Å². The minimum atomic E-state index is -0.363. The first-order valence-electron chi connectivity index (χ1n) is 11.3. The van der Waals surface area contributed by atoms with E-state index in [0.29, 0.717) is 12.3 Å². The molecule has 0 bridgehead atoms. The van der Waals surface area contributed by atoms with Crippen LogP contribution in [0.25, 0.3) is 0 Å². The minimum Gasteiger partial charge on any atom is -0.365 e. The van der Waals surface area contributed by atoms with Crippen LogP contribution in [0.15, 0.2) is 42.5 Å². The summed E-state index contributed by atoms with van der Waals surface area (Å²) < 4.78 is 0. The number of piperazine rings is 1. The topological polar surface area (TPSA) is 78.7 Å². The first kappa shape index (κ1) is 21.2. The van der Waals surface area contributed by atoms with Crippen LogP contribution in [0.2, 0.25) is 5.02 Å². The summed E-state index contributed by atoms with van der Waals surface area (Å²) >= 11 is 6.03. The van der Waals surface area contributed by atoms with Gasteiger partial charge in [-0.05, 0) is 54.5 Å². The van der Waals surface area contributed by atoms with Gasteiger partial charge >= 0.3 is 0 Å². The van der Waals surface area contributed by atoms with E-state index >= 15 is 0 Å². The van der Waals surface area contributed by atoms with E-state index in [1.54, 1.807) is 12.1 Å². The van der Waals surface area contributed by atoms with Gasteiger partial charge in [0.2, 0.25) is 5.91 Å². The normalized spacial score (nSPS) is 22.7. The predicted molar refractivity (Wildman–Crippen MR) is 124 cm³/mol. The number of carbonyl (C=O) groups is 1. The Morgan fingerprint density at radius 1 is 1.16 bits per heavy atom. The molecule has 2 aromatic carbocycles. The van der Waals surface area contributed by atoms with Crippen LogP contribution in [0.5, 0.6) is 0 Å². The Morgan fingerprint density at radius 3 is 2.66 bits per heavy atom. The van der Waals surface area contributed by atoms with Crippen LogP contribution in [0.1, 0.15) is 24.0 Å². The van der Waals surface area contributed by atoms with E-state index in [4.69, 9.17) is 11.6 Å². The molecular weight excluding hydrogens is 428 g/mol. The summed E-state index contributed by atoms with van der Waals surface area (Å²) in [6.07, 6.45) is 2.90. The summed E-state index contributed by atoms with van der Waals surface area (Å²) in [7, 11) is 0. The first-order valence-corrected chi connectivity index (χ1v) is 11.6. The lowest BCUT2D eigenvalue weighted by atomic mass is 9.83. The van der Waals surface area contributed by atoms with Gasteiger partial charge in [-0.25, -0.2) is 0 Å². The fraction of sp³-hybridized carbons (Fsp3) is 0.458. The van der Waals surface area contributed by atoms with Crippen LogP contribution in [-0.4, -0.2) is 48.0 Å². The average molecular weight is 455 g/mol. The maximum absolute atomic E-state index is 13.2. The van der Waals surface area contributed by atoms with Crippen molar-refractivity contribution in [2.24, 2.45) is 11.8 Å². The SMILES string of the molecule is O=C(NCC1CC1)[C@H]1Cc2cc([N+](=O)[O-])ccc2N2CCN(Cc3ccc(Cl)cc3)C[C@@H]12. The van der Waals surface area contributed by atoms with Crippen LogP contribution in [0.3, 0.4) is 0 Å². The van der Waals surface area contributed by atoms with Crippen molar-refractivity contribution in [1.29, 1.82) is 0 Å². The molecule has 3 aliphatic rings. The lowest BCUT2D eigenvalue weighted by Crippen LogP contribution is -2.61. The number of carbonyl (C=O) groups excluding carboxylic acids is 1. The van der Waals surface area contributed by atoms with Gasteiger partial charge in [-0.1, -0.05) is 23.7 Å². The molecule has 0 unspecified atom stereocenters. The lowest BCUT2D eigenvalue weighted by Gasteiger charge is -2.49. The number of nitro groups is 1. The van der Waals surface area contributed by atoms with Crippen LogP contribution >= 0.6 is 11.6 Å². The second-order valence-corrected chi connectivity index (χ2v) is 9.63. The van der Waals surface area contributed by atoms with Gasteiger partial charge in [0.15, 0.2) is 0 Å². The van der Waals surface area contributed by atoms with Gasteiger partial charge in [0.05, 0.1) is 16.9 Å². The highest BCUT2D eigenvalue weighted by atomic mass is 35.5. The smallest absolute Gasteiger partial charge is 0.269 e. The largest absolute Gasteiger partial charge is 0.365 e. The molecule has 2 aromatic rings. The molecular formula is C24H27ClN4O3. The second-order valence-electron chi connectivity index (χ2n) is 9.19. The molecule has 8 heteroatoms. The van der Waals surface area contributed by atoms with E-state index in [0.717, 1.165) is 49.0 Å². The number of non-ortho nitro benzene ring substituents is 1. The monoisotopic (exact) mass is 454 g/mol. The summed E-state index contributed by atoms with van der Waals surface area (Å²) in [4.78, 5) is 28.8. The Morgan fingerprint density at radius 2 is 1.94 bits per heavy atom. The van der Waals surface area contributed by atoms with Crippen LogP contribution in [-0.2, 0) is 17.8 Å². The molecule has 1 N–H and O–H groups in total. The lowest BCUT2D eigenvalue weighted by molar-refractivity contribution is -0.384. The van der Waals surface area contributed by atoms with Crippen molar-refractivity contribution in [2.45, 2.75) is 31.8 Å². The highest BCUT2D eigenvalue weighted by molar-refractivity contribution is 6.30. The van der Waals surface area contributed by atoms with E-state index in [2.05, 4.69) is 15.1 Å². The van der Waals surface area contributed by atoms with E-state index in [1.165, 1.54) is 18.4 Å². The van der Waals surface area contributed by atoms with Gasteiger partial charge in [-0.3, -0.25) is 19.8 Å². The third-order valence-electron chi connectivity index (χ3n) is 6.91. The van der Waals surface area contributed by atoms with Crippen LogP contribution in [0, 0.1) is 22.0 Å². The number of anilines is 1. The Bertz CT molecular complexity index is 1020. The molecule has 1 aliphatic carbocycles. The standard InChI is InChI=1S/C24H27ClN4O3/c25-19-5-3-17(4-6-19)14-27-9-10-28-22-8-7-20(29(31)32)11-18(22)12-21(23(28)15-27)24(30)26-13-16-1-2-16/h3-8,11,16,21,23H,1-2,9-10,12-15H2,(H,26,30)/t21-,23-/m0/s1. The van der Waals surface area contributed by atoms with Crippen LogP contribution in [0.4, 0.5) is 11.4 Å². The fourth-order valence-corrected chi connectivity index (χ4v) is 5.10.